The van der Waals surface area contributed by atoms with Gasteiger partial charge in [0.2, 0.25) is 11.0 Å². The van der Waals surface area contributed by atoms with E-state index in [0.29, 0.717) is 9.47 Å². The van der Waals surface area contributed by atoms with Crippen LogP contribution in [-0.4, -0.2) is 28.5 Å². The van der Waals surface area contributed by atoms with E-state index in [1.54, 1.807) is 38.3 Å². The van der Waals surface area contributed by atoms with E-state index in [1.807, 2.05) is 0 Å². The monoisotopic (exact) mass is 310 g/mol. The highest BCUT2D eigenvalue weighted by atomic mass is 32.2. The summed E-state index contributed by atoms with van der Waals surface area (Å²) < 4.78 is 5.74. The predicted octanol–water partition coefficient (Wildman–Crippen LogP) is 2.25. The molecule has 0 aliphatic rings. The number of nitrogens with two attached hydrogens (primary N) is 1. The molecule has 2 aromatic rings. The minimum atomic E-state index is -0.288. The van der Waals surface area contributed by atoms with Crippen molar-refractivity contribution in [2.24, 2.45) is 0 Å². The average Bonchev–Trinajstić information content (AvgIpc) is 2.85. The van der Waals surface area contributed by atoms with Crippen molar-refractivity contribution in [3.63, 3.8) is 0 Å². The van der Waals surface area contributed by atoms with Gasteiger partial charge in [-0.1, -0.05) is 23.1 Å². The summed E-state index contributed by atoms with van der Waals surface area (Å²) in [4.78, 5) is 12.0. The molecular weight excluding hydrogens is 296 g/mol. The van der Waals surface area contributed by atoms with E-state index in [0.717, 1.165) is 11.4 Å². The van der Waals surface area contributed by atoms with Crippen LogP contribution in [0, 0.1) is 0 Å². The molecule has 1 aromatic heterocycles. The molecule has 0 aliphatic carbocycles. The molecular formula is C12H14N4O2S2. The molecule has 20 heavy (non-hydrogen) atoms. The lowest BCUT2D eigenvalue weighted by Crippen LogP contribution is -2.22. The maximum atomic E-state index is 12.0. The molecule has 0 spiro atoms. The summed E-state index contributed by atoms with van der Waals surface area (Å²) in [6, 6.07) is 7.16. The molecule has 8 heteroatoms. The molecule has 1 atom stereocenters. The van der Waals surface area contributed by atoms with Crippen LogP contribution in [0.2, 0.25) is 0 Å². The van der Waals surface area contributed by atoms with Gasteiger partial charge in [-0.25, -0.2) is 0 Å². The van der Waals surface area contributed by atoms with Gasteiger partial charge in [0.1, 0.15) is 5.75 Å². The lowest BCUT2D eigenvalue weighted by atomic mass is 10.3. The van der Waals surface area contributed by atoms with Gasteiger partial charge in [-0.15, -0.1) is 10.2 Å². The van der Waals surface area contributed by atoms with E-state index < -0.39 is 0 Å². The molecule has 1 aromatic carbocycles. The lowest BCUT2D eigenvalue weighted by Gasteiger charge is -2.10. The van der Waals surface area contributed by atoms with E-state index >= 15 is 0 Å². The number of carbonyl (C=O) groups excluding carboxylic acids is 1. The maximum absolute atomic E-state index is 12.0. The van der Waals surface area contributed by atoms with E-state index in [9.17, 15) is 4.79 Å². The number of thioether (sulfide) groups is 1. The largest absolute Gasteiger partial charge is 0.497 e. The summed E-state index contributed by atoms with van der Waals surface area (Å²) in [7, 11) is 1.60. The average molecular weight is 310 g/mol. The zero-order chi connectivity index (χ0) is 14.5. The molecule has 0 radical (unpaired) electrons. The number of nitrogens with one attached hydrogen (secondary N) is 1. The van der Waals surface area contributed by atoms with Crippen LogP contribution < -0.4 is 15.8 Å². The van der Waals surface area contributed by atoms with Crippen LogP contribution in [0.1, 0.15) is 6.92 Å². The van der Waals surface area contributed by atoms with Crippen LogP contribution >= 0.6 is 23.1 Å². The molecule has 106 valence electrons. The molecule has 2 rings (SSSR count). The van der Waals surface area contributed by atoms with E-state index in [4.69, 9.17) is 10.5 Å². The Hall–Kier alpha value is -1.80. The summed E-state index contributed by atoms with van der Waals surface area (Å²) in [5.74, 6) is 0.642. The van der Waals surface area contributed by atoms with Gasteiger partial charge in [0.25, 0.3) is 0 Å². The third-order valence-corrected chi connectivity index (χ3v) is 4.36. The molecule has 1 amide bonds. The first kappa shape index (κ1) is 14.6. The Bertz CT molecular complexity index is 585. The predicted molar refractivity (Wildman–Crippen MR) is 81.3 cm³/mol. The first-order valence-electron chi connectivity index (χ1n) is 5.79. The normalized spacial score (nSPS) is 11.9. The molecule has 0 saturated heterocycles. The Morgan fingerprint density at radius 1 is 1.40 bits per heavy atom. The first-order valence-corrected chi connectivity index (χ1v) is 7.48. The van der Waals surface area contributed by atoms with Crippen molar-refractivity contribution in [1.29, 1.82) is 0 Å². The van der Waals surface area contributed by atoms with Gasteiger partial charge in [0.05, 0.1) is 12.4 Å². The number of anilines is 2. The van der Waals surface area contributed by atoms with Crippen molar-refractivity contribution in [3.05, 3.63) is 24.3 Å². The van der Waals surface area contributed by atoms with Crippen molar-refractivity contribution < 1.29 is 9.53 Å². The molecule has 0 fully saturated rings. The third kappa shape index (κ3) is 3.84. The second-order valence-corrected chi connectivity index (χ2v) is 6.48. The maximum Gasteiger partial charge on any atom is 0.237 e. The second-order valence-electron chi connectivity index (χ2n) is 3.88. The van der Waals surface area contributed by atoms with Crippen LogP contribution in [-0.2, 0) is 4.79 Å². The van der Waals surface area contributed by atoms with Crippen LogP contribution in [0.15, 0.2) is 28.6 Å². The van der Waals surface area contributed by atoms with Gasteiger partial charge in [-0.2, -0.15) is 0 Å². The SMILES string of the molecule is COc1ccc(NC(=O)C(C)Sc2nnc(N)s2)cc1. The van der Waals surface area contributed by atoms with Crippen LogP contribution in [0.4, 0.5) is 10.8 Å². The van der Waals surface area contributed by atoms with Crippen molar-refractivity contribution in [2.75, 3.05) is 18.2 Å². The van der Waals surface area contributed by atoms with Gasteiger partial charge in [-0.05, 0) is 31.2 Å². The fourth-order valence-electron chi connectivity index (χ4n) is 1.39. The van der Waals surface area contributed by atoms with Crippen molar-refractivity contribution >= 4 is 39.8 Å². The summed E-state index contributed by atoms with van der Waals surface area (Å²) in [6.45, 7) is 1.81. The smallest absolute Gasteiger partial charge is 0.237 e. The van der Waals surface area contributed by atoms with Gasteiger partial charge < -0.3 is 15.8 Å². The Labute approximate surface area is 124 Å². The van der Waals surface area contributed by atoms with Crippen LogP contribution in [0.3, 0.4) is 0 Å². The summed E-state index contributed by atoms with van der Waals surface area (Å²) >= 11 is 2.59. The molecule has 1 heterocycles. The highest BCUT2D eigenvalue weighted by Crippen LogP contribution is 2.28. The van der Waals surface area contributed by atoms with Crippen molar-refractivity contribution in [1.82, 2.24) is 10.2 Å². The Kier molecular flexibility index (Phi) is 4.80. The highest BCUT2D eigenvalue weighted by molar-refractivity contribution is 8.02. The van der Waals surface area contributed by atoms with Gasteiger partial charge in [0.15, 0.2) is 4.34 Å². The summed E-state index contributed by atoms with van der Waals surface area (Å²) in [6.07, 6.45) is 0. The number of rotatable bonds is 5. The van der Waals surface area contributed by atoms with Gasteiger partial charge in [0, 0.05) is 5.69 Å². The zero-order valence-corrected chi connectivity index (χ0v) is 12.6. The van der Waals surface area contributed by atoms with Gasteiger partial charge >= 0.3 is 0 Å². The third-order valence-electron chi connectivity index (χ3n) is 2.43. The number of nitrogens with zero attached hydrogens (tertiary/aromatic N) is 2. The molecule has 3 N–H and O–H groups in total. The quantitative estimate of drug-likeness (QED) is 0.823. The molecule has 0 bridgehead atoms. The second kappa shape index (κ2) is 6.58. The Morgan fingerprint density at radius 3 is 2.65 bits per heavy atom. The number of nitrogen functional groups attached to an aromatic ring is 1. The number of amides is 1. The number of methoxy groups -OCH3 is 1. The number of ether oxygens (including phenoxy) is 1. The molecule has 0 saturated carbocycles. The number of hydrogen-bond acceptors (Lipinski definition) is 7. The van der Waals surface area contributed by atoms with E-state index in [2.05, 4.69) is 15.5 Å². The molecule has 6 nitrogen and oxygen atoms in total. The summed E-state index contributed by atoms with van der Waals surface area (Å²) in [5.41, 5.74) is 6.22. The van der Waals surface area contributed by atoms with Crippen LogP contribution in [0.25, 0.3) is 0 Å². The van der Waals surface area contributed by atoms with Crippen molar-refractivity contribution in [3.8, 4) is 5.75 Å². The number of hydrogen-bond donors (Lipinski definition) is 2. The number of carbonyl (C=O) groups is 1. The standard InChI is InChI=1S/C12H14N4O2S2/c1-7(19-12-16-15-11(13)20-12)10(17)14-8-3-5-9(18-2)6-4-8/h3-7H,1-2H3,(H2,13,15)(H,14,17). The molecule has 0 aliphatic heterocycles. The number of aromatic nitrogens is 2. The topological polar surface area (TPSA) is 90.1 Å². The molecule has 1 unspecified atom stereocenters. The summed E-state index contributed by atoms with van der Waals surface area (Å²) in [5, 5.41) is 10.5. The lowest BCUT2D eigenvalue weighted by molar-refractivity contribution is -0.115. The fourth-order valence-corrected chi connectivity index (χ4v) is 3.17. The Morgan fingerprint density at radius 2 is 2.10 bits per heavy atom. The highest BCUT2D eigenvalue weighted by Gasteiger charge is 2.16. The van der Waals surface area contributed by atoms with E-state index in [-0.39, 0.29) is 11.2 Å². The minimum Gasteiger partial charge on any atom is -0.497 e. The minimum absolute atomic E-state index is 0.103. The first-order chi connectivity index (χ1) is 9.58. The Balaban J connectivity index is 1.93. The fraction of sp³-hybridized carbons (Fsp3) is 0.250. The zero-order valence-electron chi connectivity index (χ0n) is 11.0. The number of benzene rings is 1. The van der Waals surface area contributed by atoms with Crippen molar-refractivity contribution in [2.45, 2.75) is 16.5 Å². The van der Waals surface area contributed by atoms with E-state index in [1.165, 1.54) is 23.1 Å². The van der Waals surface area contributed by atoms with Gasteiger partial charge in [-0.3, -0.25) is 4.79 Å². The van der Waals surface area contributed by atoms with Crippen LogP contribution in [0.5, 0.6) is 5.75 Å².